The van der Waals surface area contributed by atoms with Crippen LogP contribution >= 0.6 is 11.3 Å². The molecule has 5 nitrogen and oxygen atoms in total. The molecule has 0 bridgehead atoms. The first-order chi connectivity index (χ1) is 16.5. The molecule has 0 saturated heterocycles. The molecule has 166 valence electrons. The van der Waals surface area contributed by atoms with Gasteiger partial charge in [-0.3, -0.25) is 4.79 Å². The van der Waals surface area contributed by atoms with E-state index in [0.717, 1.165) is 33.5 Å². The van der Waals surface area contributed by atoms with Gasteiger partial charge < -0.3 is 0 Å². The predicted octanol–water partition coefficient (Wildman–Crippen LogP) is 5.23. The molecule has 0 spiro atoms. The first-order valence-electron chi connectivity index (χ1n) is 11.1. The van der Waals surface area contributed by atoms with Gasteiger partial charge in [-0.05, 0) is 62.2 Å². The molecular formula is C28H22N4OS. The summed E-state index contributed by atoms with van der Waals surface area (Å²) in [6, 6.07) is 22.1. The van der Waals surface area contributed by atoms with Gasteiger partial charge in [0.25, 0.3) is 5.56 Å². The van der Waals surface area contributed by atoms with Crippen LogP contribution in [0.2, 0.25) is 0 Å². The molecule has 0 unspecified atom stereocenters. The van der Waals surface area contributed by atoms with Crippen LogP contribution in [-0.2, 0) is 0 Å². The lowest BCUT2D eigenvalue weighted by Crippen LogP contribution is -2.22. The van der Waals surface area contributed by atoms with E-state index in [2.05, 4.69) is 37.9 Å². The van der Waals surface area contributed by atoms with E-state index in [4.69, 9.17) is 5.10 Å². The first-order valence-corrected chi connectivity index (χ1v) is 12.0. The molecule has 0 aliphatic rings. The van der Waals surface area contributed by atoms with Crippen LogP contribution in [0, 0.1) is 20.8 Å². The third kappa shape index (κ3) is 3.26. The maximum absolute atomic E-state index is 13.4. The molecule has 0 aliphatic heterocycles. The summed E-state index contributed by atoms with van der Waals surface area (Å²) in [5, 5.41) is 4.98. The molecule has 3 heterocycles. The van der Waals surface area contributed by atoms with Gasteiger partial charge in [0, 0.05) is 17.3 Å². The van der Waals surface area contributed by atoms with Crippen molar-refractivity contribution in [2.24, 2.45) is 0 Å². The SMILES string of the molecule is Cc1cc(C)c(-c2nn(-c3ccccc3)cc2C=c2sc3nc4ccccc4n3c2=O)c(C)c1. The van der Waals surface area contributed by atoms with E-state index in [9.17, 15) is 4.79 Å². The van der Waals surface area contributed by atoms with E-state index in [-0.39, 0.29) is 5.56 Å². The smallest absolute Gasteiger partial charge is 0.267 e. The zero-order chi connectivity index (χ0) is 23.4. The van der Waals surface area contributed by atoms with Crippen molar-refractivity contribution >= 4 is 33.4 Å². The fourth-order valence-electron chi connectivity index (χ4n) is 4.71. The fraction of sp³-hybridized carbons (Fsp3) is 0.107. The number of rotatable bonds is 3. The Morgan fingerprint density at radius 2 is 1.62 bits per heavy atom. The van der Waals surface area contributed by atoms with E-state index >= 15 is 0 Å². The predicted molar refractivity (Wildman–Crippen MR) is 139 cm³/mol. The highest BCUT2D eigenvalue weighted by atomic mass is 32.1. The molecule has 3 aromatic heterocycles. The number of aromatic nitrogens is 4. The van der Waals surface area contributed by atoms with Gasteiger partial charge in [0.15, 0.2) is 4.96 Å². The molecule has 6 aromatic rings. The molecule has 0 fully saturated rings. The number of thiazole rings is 1. The summed E-state index contributed by atoms with van der Waals surface area (Å²) in [5.41, 5.74) is 9.03. The van der Waals surface area contributed by atoms with Crippen molar-refractivity contribution in [1.82, 2.24) is 19.2 Å². The number of hydrogen-bond donors (Lipinski definition) is 0. The van der Waals surface area contributed by atoms with Crippen molar-refractivity contribution in [3.63, 3.8) is 0 Å². The number of imidazole rings is 1. The quantitative estimate of drug-likeness (QED) is 0.362. The van der Waals surface area contributed by atoms with Crippen LogP contribution in [0.3, 0.4) is 0 Å². The highest BCUT2D eigenvalue weighted by Gasteiger charge is 2.17. The molecular weight excluding hydrogens is 440 g/mol. The van der Waals surface area contributed by atoms with Crippen molar-refractivity contribution in [2.45, 2.75) is 20.8 Å². The molecule has 6 heteroatoms. The van der Waals surface area contributed by atoms with Crippen LogP contribution in [0.25, 0.3) is 39.0 Å². The van der Waals surface area contributed by atoms with Gasteiger partial charge in [-0.2, -0.15) is 5.10 Å². The molecule has 0 radical (unpaired) electrons. The molecule has 3 aromatic carbocycles. The van der Waals surface area contributed by atoms with Crippen molar-refractivity contribution < 1.29 is 0 Å². The minimum absolute atomic E-state index is 0.0514. The summed E-state index contributed by atoms with van der Waals surface area (Å²) in [6.45, 7) is 6.34. The molecule has 34 heavy (non-hydrogen) atoms. The fourth-order valence-corrected chi connectivity index (χ4v) is 5.68. The van der Waals surface area contributed by atoms with Gasteiger partial charge in [-0.1, -0.05) is 59.4 Å². The maximum Gasteiger partial charge on any atom is 0.274 e. The van der Waals surface area contributed by atoms with Crippen LogP contribution < -0.4 is 10.1 Å². The Morgan fingerprint density at radius 1 is 0.912 bits per heavy atom. The summed E-state index contributed by atoms with van der Waals surface area (Å²) in [5.74, 6) is 0. The van der Waals surface area contributed by atoms with E-state index < -0.39 is 0 Å². The average molecular weight is 463 g/mol. The third-order valence-electron chi connectivity index (χ3n) is 6.11. The summed E-state index contributed by atoms with van der Waals surface area (Å²) in [6.07, 6.45) is 3.96. The largest absolute Gasteiger partial charge is 0.274 e. The molecule has 0 amide bonds. The second-order valence-electron chi connectivity index (χ2n) is 8.62. The second-order valence-corrected chi connectivity index (χ2v) is 9.63. The second kappa shape index (κ2) is 7.78. The Kier molecular flexibility index (Phi) is 4.71. The lowest BCUT2D eigenvalue weighted by Gasteiger charge is -2.10. The van der Waals surface area contributed by atoms with Crippen LogP contribution in [-0.4, -0.2) is 19.2 Å². The molecule has 0 atom stereocenters. The normalized spacial score (nSPS) is 12.3. The zero-order valence-electron chi connectivity index (χ0n) is 19.1. The summed E-state index contributed by atoms with van der Waals surface area (Å²) >= 11 is 1.41. The molecule has 6 rings (SSSR count). The standard InChI is InChI=1S/C28H22N4OS/c1-17-13-18(2)25(19(3)14-17)26-20(16-31(30-26)21-9-5-4-6-10-21)15-24-27(33)32-23-12-8-7-11-22(23)29-28(32)34-24/h4-16H,1-3H3. The number of hydrogen-bond acceptors (Lipinski definition) is 4. The van der Waals surface area contributed by atoms with Gasteiger partial charge in [0.1, 0.15) is 5.69 Å². The number of aryl methyl sites for hydroxylation is 3. The van der Waals surface area contributed by atoms with E-state index in [0.29, 0.717) is 9.49 Å². The summed E-state index contributed by atoms with van der Waals surface area (Å²) in [4.78, 5) is 18.7. The Labute approximate surface area is 200 Å². The minimum Gasteiger partial charge on any atom is -0.267 e. The monoisotopic (exact) mass is 462 g/mol. The first kappa shape index (κ1) is 20.6. The van der Waals surface area contributed by atoms with E-state index in [1.54, 1.807) is 4.40 Å². The topological polar surface area (TPSA) is 52.2 Å². The molecule has 0 saturated carbocycles. The van der Waals surface area contributed by atoms with Crippen molar-refractivity contribution in [3.05, 3.63) is 110 Å². The number of fused-ring (bicyclic) bond motifs is 3. The lowest BCUT2D eigenvalue weighted by atomic mass is 9.95. The highest BCUT2D eigenvalue weighted by Crippen LogP contribution is 2.31. The van der Waals surface area contributed by atoms with Crippen LogP contribution in [0.15, 0.2) is 77.7 Å². The zero-order valence-corrected chi connectivity index (χ0v) is 19.9. The Balaban J connectivity index is 1.62. The van der Waals surface area contributed by atoms with Gasteiger partial charge in [-0.15, -0.1) is 0 Å². The van der Waals surface area contributed by atoms with Gasteiger partial charge in [-0.25, -0.2) is 14.1 Å². The van der Waals surface area contributed by atoms with Crippen LogP contribution in [0.5, 0.6) is 0 Å². The van der Waals surface area contributed by atoms with Crippen molar-refractivity contribution in [3.8, 4) is 16.9 Å². The third-order valence-corrected chi connectivity index (χ3v) is 7.08. The lowest BCUT2D eigenvalue weighted by molar-refractivity contribution is 0.883. The maximum atomic E-state index is 13.4. The Morgan fingerprint density at radius 3 is 2.38 bits per heavy atom. The number of para-hydroxylation sites is 3. The summed E-state index contributed by atoms with van der Waals surface area (Å²) in [7, 11) is 0. The minimum atomic E-state index is -0.0514. The van der Waals surface area contributed by atoms with Crippen molar-refractivity contribution in [1.29, 1.82) is 0 Å². The van der Waals surface area contributed by atoms with Crippen LogP contribution in [0.4, 0.5) is 0 Å². The van der Waals surface area contributed by atoms with E-state index in [1.807, 2.05) is 71.6 Å². The average Bonchev–Trinajstić information content (AvgIpc) is 3.47. The van der Waals surface area contributed by atoms with Gasteiger partial charge in [0.05, 0.1) is 21.3 Å². The van der Waals surface area contributed by atoms with Crippen molar-refractivity contribution in [2.75, 3.05) is 0 Å². The Bertz CT molecular complexity index is 1790. The van der Waals surface area contributed by atoms with E-state index in [1.165, 1.54) is 28.0 Å². The number of nitrogens with zero attached hydrogens (tertiary/aromatic N) is 4. The van der Waals surface area contributed by atoms with Crippen LogP contribution in [0.1, 0.15) is 22.3 Å². The molecule has 0 aliphatic carbocycles. The van der Waals surface area contributed by atoms with Gasteiger partial charge >= 0.3 is 0 Å². The Hall–Kier alpha value is -4.03. The highest BCUT2D eigenvalue weighted by molar-refractivity contribution is 7.15. The number of benzene rings is 3. The van der Waals surface area contributed by atoms with Gasteiger partial charge in [0.2, 0.25) is 0 Å². The molecule has 0 N–H and O–H groups in total. The summed E-state index contributed by atoms with van der Waals surface area (Å²) < 4.78 is 4.23.